The van der Waals surface area contributed by atoms with E-state index in [1.807, 2.05) is 0 Å². The minimum atomic E-state index is -1.55. The van der Waals surface area contributed by atoms with E-state index in [4.69, 9.17) is 9.47 Å². The molecule has 9 heteroatoms. The molecule has 0 bridgehead atoms. The van der Waals surface area contributed by atoms with Crippen LogP contribution in [-0.2, 0) is 14.3 Å². The number of nitrogens with one attached hydrogen (secondary N) is 1. The maximum atomic E-state index is 13.1. The van der Waals surface area contributed by atoms with Gasteiger partial charge >= 0.3 is 0 Å². The molecule has 0 saturated carbocycles. The zero-order valence-corrected chi connectivity index (χ0v) is 44.9. The Morgan fingerprint density at radius 1 is 0.485 bits per heavy atom. The zero-order valence-electron chi connectivity index (χ0n) is 44.9. The van der Waals surface area contributed by atoms with Crippen LogP contribution in [0.5, 0.6) is 0 Å². The molecule has 6 N–H and O–H groups in total. The third-order valence-corrected chi connectivity index (χ3v) is 14.6. The van der Waals surface area contributed by atoms with Crippen LogP contribution in [0.1, 0.15) is 303 Å². The van der Waals surface area contributed by atoms with Gasteiger partial charge in [-0.05, 0) is 38.5 Å². The van der Waals surface area contributed by atoms with Crippen molar-refractivity contribution in [3.8, 4) is 0 Å². The lowest BCUT2D eigenvalue weighted by molar-refractivity contribution is -0.302. The van der Waals surface area contributed by atoms with E-state index in [-0.39, 0.29) is 12.5 Å². The minimum Gasteiger partial charge on any atom is -0.394 e. The Hall–Kier alpha value is -1.07. The van der Waals surface area contributed by atoms with Crippen molar-refractivity contribution in [3.63, 3.8) is 0 Å². The van der Waals surface area contributed by atoms with Gasteiger partial charge in [-0.1, -0.05) is 270 Å². The van der Waals surface area contributed by atoms with E-state index in [1.165, 1.54) is 238 Å². The summed E-state index contributed by atoms with van der Waals surface area (Å²) in [5.41, 5.74) is 0. The standard InChI is InChI=1S/C59H115NO8/c1-3-5-7-9-11-13-15-17-19-21-23-25-27-29-31-33-35-37-39-41-43-45-47-49-55(63)60-52(51-67-59-58(66)57(65)56(64)54(50-61)68-59)53(62)48-46-44-42-40-38-36-34-32-30-28-26-24-22-20-18-16-14-12-10-8-6-4-2/h29,31,52-54,56-59,61-62,64-66H,3-28,30,32-51H2,1-2H3,(H,60,63)/b31-29-. The van der Waals surface area contributed by atoms with Crippen LogP contribution in [0.15, 0.2) is 12.2 Å². The van der Waals surface area contributed by atoms with Gasteiger partial charge in [0.25, 0.3) is 0 Å². The molecule has 0 aromatic heterocycles. The maximum Gasteiger partial charge on any atom is 0.220 e. The molecule has 1 rings (SSSR count). The molecular weight excluding hydrogens is 851 g/mol. The number of hydrogen-bond donors (Lipinski definition) is 6. The third-order valence-electron chi connectivity index (χ3n) is 14.6. The Kier molecular flexibility index (Phi) is 47.3. The highest BCUT2D eigenvalue weighted by Gasteiger charge is 2.44. The first-order chi connectivity index (χ1) is 33.3. The molecule has 0 radical (unpaired) electrons. The van der Waals surface area contributed by atoms with E-state index in [0.717, 1.165) is 38.5 Å². The molecule has 9 nitrogen and oxygen atoms in total. The predicted molar refractivity (Wildman–Crippen MR) is 286 cm³/mol. The number of aliphatic hydroxyl groups excluding tert-OH is 5. The van der Waals surface area contributed by atoms with Gasteiger partial charge in [0.05, 0.1) is 25.4 Å². The largest absolute Gasteiger partial charge is 0.394 e. The first-order valence-corrected chi connectivity index (χ1v) is 29.9. The molecule has 0 aliphatic carbocycles. The molecule has 1 aliphatic heterocycles. The highest BCUT2D eigenvalue weighted by Crippen LogP contribution is 2.23. The Balaban J connectivity index is 2.19. The van der Waals surface area contributed by atoms with Gasteiger partial charge in [-0.3, -0.25) is 4.79 Å². The fraction of sp³-hybridized carbons (Fsp3) is 0.949. The van der Waals surface area contributed by atoms with Crippen LogP contribution in [-0.4, -0.2) is 87.5 Å². The van der Waals surface area contributed by atoms with E-state index >= 15 is 0 Å². The van der Waals surface area contributed by atoms with E-state index in [9.17, 15) is 30.3 Å². The van der Waals surface area contributed by atoms with E-state index in [2.05, 4.69) is 31.3 Å². The maximum absolute atomic E-state index is 13.1. The second kappa shape index (κ2) is 49.5. The molecule has 1 fully saturated rings. The van der Waals surface area contributed by atoms with Crippen molar-refractivity contribution < 1.29 is 39.8 Å². The minimum absolute atomic E-state index is 0.135. The van der Waals surface area contributed by atoms with E-state index < -0.39 is 49.5 Å². The normalized spacial score (nSPS) is 19.5. The van der Waals surface area contributed by atoms with Crippen molar-refractivity contribution in [2.24, 2.45) is 0 Å². The molecule has 1 amide bonds. The fourth-order valence-electron chi connectivity index (χ4n) is 9.87. The smallest absolute Gasteiger partial charge is 0.220 e. The Morgan fingerprint density at radius 3 is 1.19 bits per heavy atom. The molecule has 7 unspecified atom stereocenters. The lowest BCUT2D eigenvalue weighted by atomic mass is 9.99. The first kappa shape index (κ1) is 64.9. The summed E-state index contributed by atoms with van der Waals surface area (Å²) in [6.45, 7) is 3.88. The van der Waals surface area contributed by atoms with Crippen molar-refractivity contribution in [1.29, 1.82) is 0 Å². The number of ether oxygens (including phenoxy) is 2. The van der Waals surface area contributed by atoms with Crippen LogP contribution in [0.2, 0.25) is 0 Å². The van der Waals surface area contributed by atoms with Crippen LogP contribution < -0.4 is 5.32 Å². The summed E-state index contributed by atoms with van der Waals surface area (Å²) < 4.78 is 11.3. The first-order valence-electron chi connectivity index (χ1n) is 29.9. The molecule has 0 spiro atoms. The Bertz CT molecular complexity index is 1080. The summed E-state index contributed by atoms with van der Waals surface area (Å²) in [7, 11) is 0. The molecular formula is C59H115NO8. The lowest BCUT2D eigenvalue weighted by Crippen LogP contribution is -2.60. The van der Waals surface area contributed by atoms with Gasteiger partial charge in [0.15, 0.2) is 6.29 Å². The molecule has 0 aromatic carbocycles. The number of allylic oxidation sites excluding steroid dienone is 2. The van der Waals surface area contributed by atoms with Crippen LogP contribution in [0.4, 0.5) is 0 Å². The van der Waals surface area contributed by atoms with Crippen molar-refractivity contribution in [2.75, 3.05) is 13.2 Å². The number of amides is 1. The Morgan fingerprint density at radius 2 is 0.824 bits per heavy atom. The monoisotopic (exact) mass is 966 g/mol. The SMILES string of the molecule is CCCCCCCCCCCCCC/C=C\CCCCCCCCCC(=O)NC(COC1OC(CO)C(O)C(O)C1O)C(O)CCCCCCCCCCCCCCCCCCCCCCCC. The van der Waals surface area contributed by atoms with Gasteiger partial charge in [-0.2, -0.15) is 0 Å². The van der Waals surface area contributed by atoms with Crippen molar-refractivity contribution >= 4 is 5.91 Å². The number of unbranched alkanes of at least 4 members (excludes halogenated alkanes) is 40. The summed E-state index contributed by atoms with van der Waals surface area (Å²) in [6.07, 6.45) is 53.8. The number of rotatable bonds is 52. The van der Waals surface area contributed by atoms with Crippen LogP contribution >= 0.6 is 0 Å². The second-order valence-corrected chi connectivity index (χ2v) is 21.1. The van der Waals surface area contributed by atoms with Crippen LogP contribution in [0, 0.1) is 0 Å². The van der Waals surface area contributed by atoms with E-state index in [0.29, 0.717) is 12.8 Å². The van der Waals surface area contributed by atoms with Gasteiger partial charge in [0, 0.05) is 6.42 Å². The van der Waals surface area contributed by atoms with Gasteiger partial charge in [0.1, 0.15) is 24.4 Å². The van der Waals surface area contributed by atoms with Gasteiger partial charge < -0.3 is 40.3 Å². The number of carbonyl (C=O) groups is 1. The molecule has 1 aliphatic rings. The van der Waals surface area contributed by atoms with Crippen LogP contribution in [0.3, 0.4) is 0 Å². The van der Waals surface area contributed by atoms with Gasteiger partial charge in [0.2, 0.25) is 5.91 Å². The summed E-state index contributed by atoms with van der Waals surface area (Å²) >= 11 is 0. The zero-order chi connectivity index (χ0) is 49.4. The summed E-state index contributed by atoms with van der Waals surface area (Å²) in [5, 5.41) is 54.7. The van der Waals surface area contributed by atoms with Gasteiger partial charge in [-0.15, -0.1) is 0 Å². The fourth-order valence-corrected chi connectivity index (χ4v) is 9.87. The summed E-state index contributed by atoms with van der Waals surface area (Å²) in [4.78, 5) is 13.1. The number of hydrogen-bond acceptors (Lipinski definition) is 8. The molecule has 0 aromatic rings. The molecule has 404 valence electrons. The predicted octanol–water partition coefficient (Wildman–Crippen LogP) is 14.8. The van der Waals surface area contributed by atoms with E-state index in [1.54, 1.807) is 0 Å². The molecule has 1 heterocycles. The third kappa shape index (κ3) is 38.6. The molecule has 1 saturated heterocycles. The topological polar surface area (TPSA) is 149 Å². The summed E-state index contributed by atoms with van der Waals surface area (Å²) in [6, 6.07) is -0.719. The molecule has 68 heavy (non-hydrogen) atoms. The number of aliphatic hydroxyl groups is 5. The van der Waals surface area contributed by atoms with Crippen LogP contribution in [0.25, 0.3) is 0 Å². The average Bonchev–Trinajstić information content (AvgIpc) is 3.34. The van der Waals surface area contributed by atoms with Crippen molar-refractivity contribution in [3.05, 3.63) is 12.2 Å². The van der Waals surface area contributed by atoms with Gasteiger partial charge in [-0.25, -0.2) is 0 Å². The quantitative estimate of drug-likeness (QED) is 0.0261. The second-order valence-electron chi connectivity index (χ2n) is 21.1. The average molecular weight is 967 g/mol. The highest BCUT2D eigenvalue weighted by atomic mass is 16.7. The Labute approximate surface area is 420 Å². The van der Waals surface area contributed by atoms with Crippen molar-refractivity contribution in [1.82, 2.24) is 5.32 Å². The number of carbonyl (C=O) groups excluding carboxylic acids is 1. The highest BCUT2D eigenvalue weighted by molar-refractivity contribution is 5.76. The lowest BCUT2D eigenvalue weighted by Gasteiger charge is -2.40. The molecule has 7 atom stereocenters. The van der Waals surface area contributed by atoms with Crippen molar-refractivity contribution in [2.45, 2.75) is 346 Å². The summed E-state index contributed by atoms with van der Waals surface area (Å²) in [5.74, 6) is -0.143.